The molecule has 0 aliphatic rings. The fraction of sp³-hybridized carbons (Fsp3) is 0.500. The number of nitrogens with two attached hydrogens (primary N) is 1. The zero-order valence-corrected chi connectivity index (χ0v) is 11.9. The van der Waals surface area contributed by atoms with Crippen molar-refractivity contribution in [2.75, 3.05) is 19.5 Å². The Balaban J connectivity index is 3.21. The van der Waals surface area contributed by atoms with E-state index in [9.17, 15) is 4.79 Å². The van der Waals surface area contributed by atoms with E-state index >= 15 is 0 Å². The van der Waals surface area contributed by atoms with Crippen LogP contribution in [0, 0.1) is 0 Å². The van der Waals surface area contributed by atoms with Crippen LogP contribution in [0.25, 0.3) is 0 Å². The van der Waals surface area contributed by atoms with Crippen LogP contribution >= 0.6 is 0 Å². The van der Waals surface area contributed by atoms with Crippen LogP contribution in [0.5, 0.6) is 11.5 Å². The molecule has 1 rings (SSSR count). The Morgan fingerprint density at radius 2 is 2.05 bits per heavy atom. The summed E-state index contributed by atoms with van der Waals surface area (Å²) < 4.78 is 16.0. The van der Waals surface area contributed by atoms with Gasteiger partial charge in [-0.25, -0.2) is 4.79 Å². The average molecular weight is 267 g/mol. The molecule has 1 aromatic carbocycles. The SMILES string of the molecule is CCCOC(=O)c1c(N)ccc(OC)c1OC(C)C. The second kappa shape index (κ2) is 6.87. The number of esters is 1. The van der Waals surface area contributed by atoms with E-state index < -0.39 is 5.97 Å². The predicted molar refractivity (Wildman–Crippen MR) is 73.7 cm³/mol. The lowest BCUT2D eigenvalue weighted by Gasteiger charge is -2.18. The molecule has 0 saturated heterocycles. The summed E-state index contributed by atoms with van der Waals surface area (Å²) in [4.78, 5) is 12.1. The van der Waals surface area contributed by atoms with Gasteiger partial charge in [0.1, 0.15) is 5.56 Å². The van der Waals surface area contributed by atoms with Gasteiger partial charge < -0.3 is 19.9 Å². The lowest BCUT2D eigenvalue weighted by Crippen LogP contribution is -2.15. The Hall–Kier alpha value is -1.91. The molecule has 19 heavy (non-hydrogen) atoms. The monoisotopic (exact) mass is 267 g/mol. The maximum atomic E-state index is 12.1. The number of hydrogen-bond donors (Lipinski definition) is 1. The van der Waals surface area contributed by atoms with Crippen molar-refractivity contribution in [2.24, 2.45) is 0 Å². The maximum absolute atomic E-state index is 12.1. The molecule has 0 spiro atoms. The molecule has 0 heterocycles. The van der Waals surface area contributed by atoms with Crippen LogP contribution in [0.4, 0.5) is 5.69 Å². The van der Waals surface area contributed by atoms with E-state index in [-0.39, 0.29) is 11.7 Å². The van der Waals surface area contributed by atoms with E-state index in [2.05, 4.69) is 0 Å². The number of carbonyl (C=O) groups excluding carboxylic acids is 1. The minimum Gasteiger partial charge on any atom is -0.493 e. The lowest BCUT2D eigenvalue weighted by atomic mass is 10.1. The molecule has 106 valence electrons. The van der Waals surface area contributed by atoms with E-state index in [4.69, 9.17) is 19.9 Å². The van der Waals surface area contributed by atoms with Gasteiger partial charge in [-0.2, -0.15) is 0 Å². The van der Waals surface area contributed by atoms with Crippen molar-refractivity contribution in [3.05, 3.63) is 17.7 Å². The first-order valence-electron chi connectivity index (χ1n) is 6.31. The molecule has 0 aliphatic heterocycles. The minimum atomic E-state index is -0.492. The zero-order chi connectivity index (χ0) is 14.4. The second-order valence-electron chi connectivity index (χ2n) is 4.36. The summed E-state index contributed by atoms with van der Waals surface area (Å²) in [6.07, 6.45) is 0.643. The van der Waals surface area contributed by atoms with E-state index in [0.29, 0.717) is 23.8 Å². The van der Waals surface area contributed by atoms with Gasteiger partial charge in [0.2, 0.25) is 0 Å². The van der Waals surface area contributed by atoms with Gasteiger partial charge in [-0.1, -0.05) is 6.92 Å². The van der Waals surface area contributed by atoms with E-state index in [1.165, 1.54) is 7.11 Å². The highest BCUT2D eigenvalue weighted by Gasteiger charge is 2.22. The highest BCUT2D eigenvalue weighted by atomic mass is 16.5. The van der Waals surface area contributed by atoms with Crippen LogP contribution in [0.15, 0.2) is 12.1 Å². The maximum Gasteiger partial charge on any atom is 0.344 e. The van der Waals surface area contributed by atoms with Gasteiger partial charge in [0.25, 0.3) is 0 Å². The first kappa shape index (κ1) is 15.1. The predicted octanol–water partition coefficient (Wildman–Crippen LogP) is 2.63. The number of nitrogen functional groups attached to an aromatic ring is 1. The van der Waals surface area contributed by atoms with Gasteiger partial charge in [-0.05, 0) is 32.4 Å². The van der Waals surface area contributed by atoms with Gasteiger partial charge in [-0.3, -0.25) is 0 Å². The summed E-state index contributed by atoms with van der Waals surface area (Å²) in [6.45, 7) is 6.00. The van der Waals surface area contributed by atoms with Crippen LogP contribution in [-0.4, -0.2) is 25.8 Å². The van der Waals surface area contributed by atoms with Crippen LogP contribution in [0.1, 0.15) is 37.6 Å². The quantitative estimate of drug-likeness (QED) is 0.633. The summed E-state index contributed by atoms with van der Waals surface area (Å²) in [5.41, 5.74) is 6.40. The minimum absolute atomic E-state index is 0.103. The summed E-state index contributed by atoms with van der Waals surface area (Å²) in [5, 5.41) is 0. The van der Waals surface area contributed by atoms with E-state index in [1.807, 2.05) is 20.8 Å². The third-order valence-electron chi connectivity index (χ3n) is 2.37. The lowest BCUT2D eigenvalue weighted by molar-refractivity contribution is 0.0499. The number of hydrogen-bond acceptors (Lipinski definition) is 5. The standard InChI is InChI=1S/C14H21NO4/c1-5-8-18-14(16)12-10(15)6-7-11(17-4)13(12)19-9(2)3/h6-7,9H,5,8,15H2,1-4H3. The molecule has 0 amide bonds. The summed E-state index contributed by atoms with van der Waals surface area (Å²) in [6, 6.07) is 3.28. The fourth-order valence-electron chi connectivity index (χ4n) is 1.57. The molecule has 0 atom stereocenters. The number of methoxy groups -OCH3 is 1. The third-order valence-corrected chi connectivity index (χ3v) is 2.37. The molecule has 1 aromatic rings. The highest BCUT2D eigenvalue weighted by molar-refractivity contribution is 5.99. The van der Waals surface area contributed by atoms with Crippen molar-refractivity contribution in [2.45, 2.75) is 33.3 Å². The molecule has 0 aliphatic carbocycles. The van der Waals surface area contributed by atoms with Crippen molar-refractivity contribution in [1.82, 2.24) is 0 Å². The molecule has 0 unspecified atom stereocenters. The zero-order valence-electron chi connectivity index (χ0n) is 11.9. The molecule has 0 fully saturated rings. The van der Waals surface area contributed by atoms with E-state index in [0.717, 1.165) is 6.42 Å². The van der Waals surface area contributed by atoms with Crippen molar-refractivity contribution < 1.29 is 19.0 Å². The smallest absolute Gasteiger partial charge is 0.344 e. The highest BCUT2D eigenvalue weighted by Crippen LogP contribution is 2.36. The number of benzene rings is 1. The second-order valence-corrected chi connectivity index (χ2v) is 4.36. The van der Waals surface area contributed by atoms with Gasteiger partial charge in [0.05, 0.1) is 25.5 Å². The Morgan fingerprint density at radius 1 is 1.37 bits per heavy atom. The molecule has 0 bridgehead atoms. The molecule has 0 aromatic heterocycles. The topological polar surface area (TPSA) is 70.8 Å². The first-order valence-corrected chi connectivity index (χ1v) is 6.31. The fourth-order valence-corrected chi connectivity index (χ4v) is 1.57. The largest absolute Gasteiger partial charge is 0.493 e. The average Bonchev–Trinajstić information content (AvgIpc) is 2.36. The number of carbonyl (C=O) groups is 1. The summed E-state index contributed by atoms with van der Waals surface area (Å²) in [7, 11) is 1.51. The third kappa shape index (κ3) is 3.77. The van der Waals surface area contributed by atoms with Gasteiger partial charge in [-0.15, -0.1) is 0 Å². The Bertz CT molecular complexity index is 443. The number of ether oxygens (including phenoxy) is 3. The normalized spacial score (nSPS) is 10.4. The molecule has 0 radical (unpaired) electrons. The molecule has 5 nitrogen and oxygen atoms in total. The van der Waals surface area contributed by atoms with Crippen molar-refractivity contribution in [3.63, 3.8) is 0 Å². The van der Waals surface area contributed by atoms with Crippen molar-refractivity contribution >= 4 is 11.7 Å². The summed E-state index contributed by atoms with van der Waals surface area (Å²) >= 11 is 0. The molecular weight excluding hydrogens is 246 g/mol. The summed E-state index contributed by atoms with van der Waals surface area (Å²) in [5.74, 6) is 0.304. The number of rotatable bonds is 6. The molecule has 2 N–H and O–H groups in total. The van der Waals surface area contributed by atoms with Gasteiger partial charge >= 0.3 is 5.97 Å². The molecule has 5 heteroatoms. The molecular formula is C14H21NO4. The first-order chi connectivity index (χ1) is 9.01. The van der Waals surface area contributed by atoms with Crippen molar-refractivity contribution in [1.29, 1.82) is 0 Å². The Labute approximate surface area is 113 Å². The van der Waals surface area contributed by atoms with E-state index in [1.54, 1.807) is 12.1 Å². The van der Waals surface area contributed by atoms with Gasteiger partial charge in [0.15, 0.2) is 11.5 Å². The van der Waals surface area contributed by atoms with Crippen LogP contribution in [0.3, 0.4) is 0 Å². The number of anilines is 1. The molecule has 0 saturated carbocycles. The van der Waals surface area contributed by atoms with Crippen LogP contribution in [0.2, 0.25) is 0 Å². The Morgan fingerprint density at radius 3 is 2.58 bits per heavy atom. The van der Waals surface area contributed by atoms with Crippen LogP contribution < -0.4 is 15.2 Å². The Kier molecular flexibility index (Phi) is 5.48. The van der Waals surface area contributed by atoms with Gasteiger partial charge in [0, 0.05) is 0 Å². The van der Waals surface area contributed by atoms with Crippen molar-refractivity contribution in [3.8, 4) is 11.5 Å². The van der Waals surface area contributed by atoms with Crippen LogP contribution in [-0.2, 0) is 4.74 Å².